The summed E-state index contributed by atoms with van der Waals surface area (Å²) in [7, 11) is 1.79. The maximum atomic E-state index is 10.4. The summed E-state index contributed by atoms with van der Waals surface area (Å²) in [6.45, 7) is 1.57. The Kier molecular flexibility index (Phi) is 3.69. The fourth-order valence-electron chi connectivity index (χ4n) is 0.285. The quantitative estimate of drug-likeness (QED) is 0.519. The van der Waals surface area contributed by atoms with Crippen molar-refractivity contribution in [2.24, 2.45) is 0 Å². The van der Waals surface area contributed by atoms with Gasteiger partial charge in [0.25, 0.3) is 0 Å². The van der Waals surface area contributed by atoms with Gasteiger partial charge in [0, 0.05) is 14.0 Å². The first-order valence-electron chi connectivity index (χ1n) is 2.39. The minimum absolute atomic E-state index is 0.124. The van der Waals surface area contributed by atoms with Gasteiger partial charge < -0.3 is 4.90 Å². The van der Waals surface area contributed by atoms with Gasteiger partial charge in [0.05, 0.1) is 5.88 Å². The number of carbonyl (C=O) groups is 1. The number of rotatable bonds is 2. The second-order valence-electron chi connectivity index (χ2n) is 1.63. The molecule has 0 aliphatic rings. The second kappa shape index (κ2) is 3.78. The van der Waals surface area contributed by atoms with Crippen molar-refractivity contribution in [1.29, 1.82) is 0 Å². The fourth-order valence-corrected chi connectivity index (χ4v) is 0.854. The third-order valence-electron chi connectivity index (χ3n) is 0.860. The van der Waals surface area contributed by atoms with Crippen LogP contribution < -0.4 is 0 Å². The lowest BCUT2D eigenvalue weighted by molar-refractivity contribution is -0.126. The van der Waals surface area contributed by atoms with Gasteiger partial charge in [-0.3, -0.25) is 4.79 Å². The van der Waals surface area contributed by atoms with E-state index in [1.165, 1.54) is 0 Å². The molecule has 8 heavy (non-hydrogen) atoms. The molecule has 0 aliphatic heterocycles. The van der Waals surface area contributed by atoms with Crippen molar-refractivity contribution in [3.05, 3.63) is 0 Å². The Bertz CT molecular complexity index is 84.5. The summed E-state index contributed by atoms with van der Waals surface area (Å²) in [6.07, 6.45) is 1.97. The van der Waals surface area contributed by atoms with Crippen molar-refractivity contribution in [3.63, 3.8) is 0 Å². The molecule has 0 aromatic carbocycles. The monoisotopic (exact) mass is 133 g/mol. The van der Waals surface area contributed by atoms with E-state index in [2.05, 4.69) is 0 Å². The Morgan fingerprint density at radius 3 is 2.38 bits per heavy atom. The molecule has 48 valence electrons. The molecule has 0 spiro atoms. The highest BCUT2D eigenvalue weighted by molar-refractivity contribution is 7.98. The van der Waals surface area contributed by atoms with Gasteiger partial charge in [0.1, 0.15) is 0 Å². The van der Waals surface area contributed by atoms with Gasteiger partial charge >= 0.3 is 0 Å². The Morgan fingerprint density at radius 2 is 2.25 bits per heavy atom. The molecule has 0 aromatic heterocycles. The van der Waals surface area contributed by atoms with E-state index in [1.54, 1.807) is 30.6 Å². The van der Waals surface area contributed by atoms with E-state index in [4.69, 9.17) is 0 Å². The predicted molar refractivity (Wildman–Crippen MR) is 36.8 cm³/mol. The van der Waals surface area contributed by atoms with E-state index in [9.17, 15) is 4.79 Å². The molecule has 0 aromatic rings. The van der Waals surface area contributed by atoms with Crippen LogP contribution in [0.4, 0.5) is 0 Å². The van der Waals surface area contributed by atoms with Gasteiger partial charge in [0.15, 0.2) is 0 Å². The number of amides is 1. The summed E-state index contributed by atoms with van der Waals surface area (Å²) >= 11 is 1.64. The summed E-state index contributed by atoms with van der Waals surface area (Å²) in [6, 6.07) is 0. The summed E-state index contributed by atoms with van der Waals surface area (Å²) in [4.78, 5) is 12.1. The lowest BCUT2D eigenvalue weighted by Crippen LogP contribution is -2.22. The minimum atomic E-state index is 0.124. The lowest BCUT2D eigenvalue weighted by atomic mass is 10.6. The largest absolute Gasteiger partial charge is 0.337 e. The third kappa shape index (κ3) is 2.91. The van der Waals surface area contributed by atoms with Crippen LogP contribution in [0.2, 0.25) is 0 Å². The number of nitrogens with zero attached hydrogens (tertiary/aromatic N) is 1. The summed E-state index contributed by atoms with van der Waals surface area (Å²) < 4.78 is 0. The average Bonchev–Trinajstić information content (AvgIpc) is 1.67. The SMILES string of the molecule is CSCN(C)C(C)=O. The molecular weight excluding hydrogens is 122 g/mol. The molecule has 0 fully saturated rings. The van der Waals surface area contributed by atoms with Crippen LogP contribution in [0.5, 0.6) is 0 Å². The first kappa shape index (κ1) is 7.82. The van der Waals surface area contributed by atoms with Crippen LogP contribution in [-0.4, -0.2) is 30.0 Å². The molecule has 3 heteroatoms. The molecule has 2 nitrogen and oxygen atoms in total. The van der Waals surface area contributed by atoms with Crippen LogP contribution in [-0.2, 0) is 4.79 Å². The van der Waals surface area contributed by atoms with Crippen molar-refractivity contribution in [2.45, 2.75) is 6.92 Å². The lowest BCUT2D eigenvalue weighted by Gasteiger charge is -2.11. The highest BCUT2D eigenvalue weighted by Crippen LogP contribution is 1.94. The second-order valence-corrected chi connectivity index (χ2v) is 2.47. The molecule has 0 bridgehead atoms. The highest BCUT2D eigenvalue weighted by atomic mass is 32.2. The molecule has 0 unspecified atom stereocenters. The Hall–Kier alpha value is -0.180. The zero-order chi connectivity index (χ0) is 6.57. The molecule has 0 rings (SSSR count). The van der Waals surface area contributed by atoms with E-state index in [1.807, 2.05) is 6.26 Å². The number of hydrogen-bond acceptors (Lipinski definition) is 2. The van der Waals surface area contributed by atoms with Gasteiger partial charge in [-0.15, -0.1) is 11.8 Å². The van der Waals surface area contributed by atoms with Crippen LogP contribution in [0.15, 0.2) is 0 Å². The van der Waals surface area contributed by atoms with Gasteiger partial charge in [-0.1, -0.05) is 0 Å². The Labute approximate surface area is 54.2 Å². The zero-order valence-corrected chi connectivity index (χ0v) is 6.29. The van der Waals surface area contributed by atoms with Crippen LogP contribution in [0, 0.1) is 0 Å². The first-order chi connectivity index (χ1) is 3.68. The number of thioether (sulfide) groups is 1. The van der Waals surface area contributed by atoms with E-state index < -0.39 is 0 Å². The predicted octanol–water partition coefficient (Wildman–Crippen LogP) is 0.785. The van der Waals surface area contributed by atoms with Gasteiger partial charge in [-0.25, -0.2) is 0 Å². The molecule has 0 atom stereocenters. The van der Waals surface area contributed by atoms with Crippen molar-refractivity contribution in [1.82, 2.24) is 4.90 Å². The fraction of sp³-hybridized carbons (Fsp3) is 0.800. The van der Waals surface area contributed by atoms with Crippen molar-refractivity contribution >= 4 is 17.7 Å². The first-order valence-corrected chi connectivity index (χ1v) is 3.78. The van der Waals surface area contributed by atoms with Gasteiger partial charge in [-0.05, 0) is 6.26 Å². The van der Waals surface area contributed by atoms with E-state index in [-0.39, 0.29) is 5.91 Å². The zero-order valence-electron chi connectivity index (χ0n) is 5.47. The van der Waals surface area contributed by atoms with Crippen molar-refractivity contribution in [2.75, 3.05) is 19.2 Å². The topological polar surface area (TPSA) is 20.3 Å². The van der Waals surface area contributed by atoms with E-state index in [0.717, 1.165) is 5.88 Å². The Balaban J connectivity index is 3.32. The minimum Gasteiger partial charge on any atom is -0.337 e. The van der Waals surface area contributed by atoms with Crippen LogP contribution in [0.25, 0.3) is 0 Å². The Morgan fingerprint density at radius 1 is 1.75 bits per heavy atom. The molecule has 0 saturated carbocycles. The smallest absolute Gasteiger partial charge is 0.219 e. The van der Waals surface area contributed by atoms with E-state index in [0.29, 0.717) is 0 Å². The summed E-state index contributed by atoms with van der Waals surface area (Å²) in [5, 5.41) is 0. The molecular formula is C5H11NOS. The van der Waals surface area contributed by atoms with Crippen LogP contribution in [0.3, 0.4) is 0 Å². The maximum absolute atomic E-state index is 10.4. The maximum Gasteiger partial charge on any atom is 0.219 e. The average molecular weight is 133 g/mol. The van der Waals surface area contributed by atoms with E-state index >= 15 is 0 Å². The van der Waals surface area contributed by atoms with Crippen LogP contribution >= 0.6 is 11.8 Å². The van der Waals surface area contributed by atoms with Crippen LogP contribution in [0.1, 0.15) is 6.92 Å². The standard InChI is InChI=1S/C5H11NOS/c1-5(7)6(2)4-8-3/h4H2,1-3H3. The normalized spacial score (nSPS) is 8.88. The molecule has 0 aliphatic carbocycles. The number of carbonyl (C=O) groups excluding carboxylic acids is 1. The molecule has 1 amide bonds. The molecule has 0 N–H and O–H groups in total. The highest BCUT2D eigenvalue weighted by Gasteiger charge is 1.96. The number of hydrogen-bond donors (Lipinski definition) is 0. The molecule has 0 radical (unpaired) electrons. The molecule has 0 saturated heterocycles. The van der Waals surface area contributed by atoms with Gasteiger partial charge in [0.2, 0.25) is 5.91 Å². The summed E-state index contributed by atoms with van der Waals surface area (Å²) in [5.74, 6) is 0.911. The van der Waals surface area contributed by atoms with Crippen molar-refractivity contribution < 1.29 is 4.79 Å². The molecule has 0 heterocycles. The third-order valence-corrected chi connectivity index (χ3v) is 1.51. The summed E-state index contributed by atoms with van der Waals surface area (Å²) in [5.41, 5.74) is 0. The van der Waals surface area contributed by atoms with Gasteiger partial charge in [-0.2, -0.15) is 0 Å². The van der Waals surface area contributed by atoms with Crippen molar-refractivity contribution in [3.8, 4) is 0 Å².